The minimum absolute atomic E-state index is 0.532. The van der Waals surface area contributed by atoms with Crippen LogP contribution < -0.4 is 5.30 Å². The molecular formula is C19H19P. The van der Waals surface area contributed by atoms with E-state index in [4.69, 9.17) is 0 Å². The molecule has 0 bridgehead atoms. The summed E-state index contributed by atoms with van der Waals surface area (Å²) in [6, 6.07) is 19.6. The van der Waals surface area contributed by atoms with E-state index in [0.29, 0.717) is 5.66 Å². The molecule has 0 fully saturated rings. The highest BCUT2D eigenvalue weighted by Gasteiger charge is 2.17. The molecule has 1 aliphatic rings. The molecule has 0 amide bonds. The molecule has 0 N–H and O–H groups in total. The van der Waals surface area contributed by atoms with Crippen LogP contribution in [0.3, 0.4) is 0 Å². The van der Waals surface area contributed by atoms with Crippen LogP contribution >= 0.6 is 8.58 Å². The molecule has 2 unspecified atom stereocenters. The molecule has 2 aromatic rings. The van der Waals surface area contributed by atoms with Crippen LogP contribution in [0.4, 0.5) is 0 Å². The lowest BCUT2D eigenvalue weighted by Crippen LogP contribution is -2.09. The Bertz CT molecular complexity index is 638. The van der Waals surface area contributed by atoms with Crippen molar-refractivity contribution in [2.45, 2.75) is 19.0 Å². The van der Waals surface area contributed by atoms with Gasteiger partial charge in [-0.2, -0.15) is 0 Å². The summed E-state index contributed by atoms with van der Waals surface area (Å²) in [6.07, 6.45) is 7.92. The van der Waals surface area contributed by atoms with Crippen LogP contribution in [-0.4, -0.2) is 5.66 Å². The molecule has 0 aliphatic heterocycles. The third kappa shape index (κ3) is 2.76. The van der Waals surface area contributed by atoms with Crippen molar-refractivity contribution in [3.05, 3.63) is 84.0 Å². The molecule has 0 radical (unpaired) electrons. The fourth-order valence-corrected chi connectivity index (χ4v) is 4.25. The zero-order valence-corrected chi connectivity index (χ0v) is 12.7. The molecule has 0 heterocycles. The van der Waals surface area contributed by atoms with E-state index >= 15 is 0 Å². The lowest BCUT2D eigenvalue weighted by Gasteiger charge is -2.16. The van der Waals surface area contributed by atoms with Crippen LogP contribution in [0.15, 0.2) is 72.8 Å². The first kappa shape index (κ1) is 13.3. The van der Waals surface area contributed by atoms with Crippen LogP contribution in [-0.2, 0) is 6.42 Å². The molecule has 0 saturated heterocycles. The summed E-state index contributed by atoms with van der Waals surface area (Å²) in [5.74, 6) is 0. The molecule has 2 aromatic carbocycles. The Hall–Kier alpha value is -1.65. The van der Waals surface area contributed by atoms with Crippen LogP contribution in [0.25, 0.3) is 5.57 Å². The van der Waals surface area contributed by atoms with Gasteiger partial charge >= 0.3 is 0 Å². The maximum Gasteiger partial charge on any atom is 0.0243 e. The van der Waals surface area contributed by atoms with Crippen LogP contribution in [0, 0.1) is 0 Å². The minimum atomic E-state index is 0.532. The number of allylic oxidation sites excluding steroid dienone is 4. The Morgan fingerprint density at radius 1 is 0.950 bits per heavy atom. The van der Waals surface area contributed by atoms with E-state index in [2.05, 4.69) is 79.7 Å². The van der Waals surface area contributed by atoms with E-state index in [1.807, 2.05) is 0 Å². The maximum absolute atomic E-state index is 2.34. The zero-order chi connectivity index (χ0) is 13.8. The second-order valence-electron chi connectivity index (χ2n) is 5.01. The summed E-state index contributed by atoms with van der Waals surface area (Å²) in [5.41, 5.74) is 4.82. The largest absolute Gasteiger partial charge is 0.0784 e. The third-order valence-corrected chi connectivity index (χ3v) is 5.34. The molecule has 0 spiro atoms. The third-order valence-electron chi connectivity index (χ3n) is 3.73. The molecule has 0 nitrogen and oxygen atoms in total. The Morgan fingerprint density at radius 2 is 1.70 bits per heavy atom. The van der Waals surface area contributed by atoms with Crippen molar-refractivity contribution in [2.75, 3.05) is 0 Å². The van der Waals surface area contributed by atoms with Crippen LogP contribution in [0.2, 0.25) is 0 Å². The second kappa shape index (κ2) is 6.20. The van der Waals surface area contributed by atoms with Gasteiger partial charge in [0.2, 0.25) is 0 Å². The molecular weight excluding hydrogens is 259 g/mol. The quantitative estimate of drug-likeness (QED) is 0.718. The van der Waals surface area contributed by atoms with Crippen LogP contribution in [0.1, 0.15) is 18.1 Å². The summed E-state index contributed by atoms with van der Waals surface area (Å²) in [7, 11) is 0.815. The summed E-state index contributed by atoms with van der Waals surface area (Å²) in [6.45, 7) is 2.24. The van der Waals surface area contributed by atoms with Gasteiger partial charge < -0.3 is 0 Å². The number of rotatable bonds is 4. The normalized spacial score (nSPS) is 17.9. The number of benzene rings is 2. The van der Waals surface area contributed by atoms with E-state index in [1.165, 1.54) is 22.0 Å². The highest BCUT2D eigenvalue weighted by atomic mass is 31.1. The van der Waals surface area contributed by atoms with Crippen molar-refractivity contribution in [3.8, 4) is 0 Å². The van der Waals surface area contributed by atoms with E-state index in [0.717, 1.165) is 15.0 Å². The van der Waals surface area contributed by atoms with E-state index in [-0.39, 0.29) is 0 Å². The van der Waals surface area contributed by atoms with E-state index < -0.39 is 0 Å². The van der Waals surface area contributed by atoms with Gasteiger partial charge in [0.15, 0.2) is 0 Å². The first-order valence-electron chi connectivity index (χ1n) is 7.16. The van der Waals surface area contributed by atoms with Crippen molar-refractivity contribution in [2.24, 2.45) is 0 Å². The van der Waals surface area contributed by atoms with Crippen molar-refractivity contribution >= 4 is 19.5 Å². The van der Waals surface area contributed by atoms with Crippen molar-refractivity contribution in [3.63, 3.8) is 0 Å². The SMILES string of the molecule is CCc1ccccc1PC1C=CC=C1c1ccccc1. The van der Waals surface area contributed by atoms with Gasteiger partial charge in [-0.25, -0.2) is 0 Å². The van der Waals surface area contributed by atoms with Gasteiger partial charge in [-0.1, -0.05) is 88.3 Å². The average Bonchev–Trinajstić information content (AvgIpc) is 2.97. The number of hydrogen-bond acceptors (Lipinski definition) is 0. The van der Waals surface area contributed by atoms with Gasteiger partial charge in [0.1, 0.15) is 0 Å². The second-order valence-corrected chi connectivity index (χ2v) is 6.46. The summed E-state index contributed by atoms with van der Waals surface area (Å²) >= 11 is 0. The van der Waals surface area contributed by atoms with E-state index in [1.54, 1.807) is 0 Å². The van der Waals surface area contributed by atoms with Crippen LogP contribution in [0.5, 0.6) is 0 Å². The average molecular weight is 278 g/mol. The maximum atomic E-state index is 2.34. The summed E-state index contributed by atoms with van der Waals surface area (Å²) in [5, 5.41) is 1.51. The van der Waals surface area contributed by atoms with Gasteiger partial charge in [-0.15, -0.1) is 0 Å². The van der Waals surface area contributed by atoms with E-state index in [9.17, 15) is 0 Å². The Balaban J connectivity index is 1.84. The fourth-order valence-electron chi connectivity index (χ4n) is 2.65. The Kier molecular flexibility index (Phi) is 4.14. The molecule has 2 atom stereocenters. The Labute approximate surface area is 123 Å². The molecule has 3 rings (SSSR count). The Morgan fingerprint density at radius 3 is 2.50 bits per heavy atom. The minimum Gasteiger partial charge on any atom is -0.0784 e. The summed E-state index contributed by atoms with van der Waals surface area (Å²) in [4.78, 5) is 0. The fraction of sp³-hybridized carbons (Fsp3) is 0.158. The van der Waals surface area contributed by atoms with Crippen molar-refractivity contribution in [1.29, 1.82) is 0 Å². The first-order valence-corrected chi connectivity index (χ1v) is 8.24. The highest BCUT2D eigenvalue weighted by molar-refractivity contribution is 7.49. The molecule has 100 valence electrons. The number of hydrogen-bond donors (Lipinski definition) is 0. The summed E-state index contributed by atoms with van der Waals surface area (Å²) < 4.78 is 0. The predicted molar refractivity (Wildman–Crippen MR) is 91.1 cm³/mol. The number of aryl methyl sites for hydroxylation is 1. The molecule has 20 heavy (non-hydrogen) atoms. The van der Waals surface area contributed by atoms with Gasteiger partial charge in [-0.3, -0.25) is 0 Å². The van der Waals surface area contributed by atoms with Gasteiger partial charge in [0.25, 0.3) is 0 Å². The lowest BCUT2D eigenvalue weighted by molar-refractivity contribution is 1.15. The van der Waals surface area contributed by atoms with Crippen molar-refractivity contribution < 1.29 is 0 Å². The molecule has 0 saturated carbocycles. The first-order chi connectivity index (χ1) is 9.88. The highest BCUT2D eigenvalue weighted by Crippen LogP contribution is 2.36. The van der Waals surface area contributed by atoms with Gasteiger partial charge in [0, 0.05) is 5.66 Å². The zero-order valence-electron chi connectivity index (χ0n) is 11.7. The molecule has 1 aliphatic carbocycles. The lowest BCUT2D eigenvalue weighted by atomic mass is 10.1. The van der Waals surface area contributed by atoms with Gasteiger partial charge in [0.05, 0.1) is 0 Å². The standard InChI is InChI=1S/C19H19P/c1-2-15-9-6-7-13-18(15)20-19-14-8-12-17(19)16-10-4-3-5-11-16/h3-14,19-20H,2H2,1H3. The van der Waals surface area contributed by atoms with Gasteiger partial charge in [-0.05, 0) is 28.4 Å². The monoisotopic (exact) mass is 278 g/mol. The smallest absolute Gasteiger partial charge is 0.0243 e. The molecule has 0 aromatic heterocycles. The molecule has 1 heteroatoms. The predicted octanol–water partition coefficient (Wildman–Crippen LogP) is 4.57. The van der Waals surface area contributed by atoms with Crippen molar-refractivity contribution in [1.82, 2.24) is 0 Å². The topological polar surface area (TPSA) is 0 Å².